The Morgan fingerprint density at radius 2 is 2.22 bits per heavy atom. The standard InChI is InChI=1S/C18H16F2IN3O3/c1-2-27-18(26)16(15-12-4-3-5-23(12)8-22-15)24-7-9-10(19)6-11(21)14(20)13(9)17(24)25/h6,8,16H,2-5,7H2,1H3. The van der Waals surface area contributed by atoms with Gasteiger partial charge in [0.15, 0.2) is 6.04 Å². The van der Waals surface area contributed by atoms with E-state index >= 15 is 0 Å². The largest absolute Gasteiger partial charge is 0.464 e. The van der Waals surface area contributed by atoms with Crippen molar-refractivity contribution in [2.75, 3.05) is 6.61 Å². The third-order valence-electron chi connectivity index (χ3n) is 4.95. The number of halogens is 3. The molecular formula is C18H16F2IN3O3. The number of hydrogen-bond acceptors (Lipinski definition) is 4. The molecule has 0 spiro atoms. The third-order valence-corrected chi connectivity index (χ3v) is 5.73. The zero-order chi connectivity index (χ0) is 19.3. The van der Waals surface area contributed by atoms with E-state index in [0.717, 1.165) is 36.0 Å². The number of amides is 1. The smallest absolute Gasteiger partial charge is 0.335 e. The zero-order valence-corrected chi connectivity index (χ0v) is 16.6. The van der Waals surface area contributed by atoms with Gasteiger partial charge in [0.05, 0.1) is 34.3 Å². The van der Waals surface area contributed by atoms with Crippen LogP contribution in [0.1, 0.15) is 46.7 Å². The molecule has 1 aromatic carbocycles. The van der Waals surface area contributed by atoms with E-state index in [1.165, 1.54) is 0 Å². The SMILES string of the molecule is CCOC(=O)C(c1ncn2c1CCC2)N1Cc2c(F)cc(I)c(F)c2C1=O. The molecule has 4 rings (SSSR count). The van der Waals surface area contributed by atoms with Gasteiger partial charge in [-0.05, 0) is 48.4 Å². The molecule has 0 saturated carbocycles. The molecule has 2 aromatic rings. The first kappa shape index (κ1) is 18.3. The molecular weight excluding hydrogens is 471 g/mol. The summed E-state index contributed by atoms with van der Waals surface area (Å²) in [5, 5.41) is 0. The van der Waals surface area contributed by atoms with Gasteiger partial charge in [-0.25, -0.2) is 18.6 Å². The maximum atomic E-state index is 14.5. The van der Waals surface area contributed by atoms with E-state index in [9.17, 15) is 18.4 Å². The zero-order valence-electron chi connectivity index (χ0n) is 14.5. The summed E-state index contributed by atoms with van der Waals surface area (Å²) in [5.74, 6) is -2.80. The van der Waals surface area contributed by atoms with Gasteiger partial charge in [0.2, 0.25) is 0 Å². The van der Waals surface area contributed by atoms with Gasteiger partial charge in [0.1, 0.15) is 11.6 Å². The summed E-state index contributed by atoms with van der Waals surface area (Å²) < 4.78 is 36.0. The number of nitrogens with zero attached hydrogens (tertiary/aromatic N) is 3. The molecule has 0 aliphatic carbocycles. The van der Waals surface area contributed by atoms with Crippen LogP contribution in [0.5, 0.6) is 0 Å². The molecule has 0 N–H and O–H groups in total. The summed E-state index contributed by atoms with van der Waals surface area (Å²) in [5.41, 5.74) is 0.919. The number of carbonyl (C=O) groups excluding carboxylic acids is 2. The van der Waals surface area contributed by atoms with Crippen LogP contribution in [0.15, 0.2) is 12.4 Å². The molecule has 1 atom stereocenters. The minimum atomic E-state index is -1.13. The number of benzene rings is 1. The molecule has 142 valence electrons. The molecule has 0 fully saturated rings. The van der Waals surface area contributed by atoms with E-state index in [0.29, 0.717) is 5.69 Å². The minimum absolute atomic E-state index is 0.0228. The van der Waals surface area contributed by atoms with E-state index in [-0.39, 0.29) is 27.8 Å². The predicted molar refractivity (Wildman–Crippen MR) is 98.9 cm³/mol. The maximum Gasteiger partial charge on any atom is 0.335 e. The van der Waals surface area contributed by atoms with E-state index < -0.39 is 29.6 Å². The van der Waals surface area contributed by atoms with Gasteiger partial charge in [-0.2, -0.15) is 0 Å². The fourth-order valence-electron chi connectivity index (χ4n) is 3.75. The van der Waals surface area contributed by atoms with Gasteiger partial charge in [0.25, 0.3) is 5.91 Å². The summed E-state index contributed by atoms with van der Waals surface area (Å²) in [6.45, 7) is 2.37. The number of fused-ring (bicyclic) bond motifs is 2. The fraction of sp³-hybridized carbons (Fsp3) is 0.389. The highest BCUT2D eigenvalue weighted by Gasteiger charge is 2.44. The van der Waals surface area contributed by atoms with E-state index in [2.05, 4.69) is 4.98 Å². The summed E-state index contributed by atoms with van der Waals surface area (Å²) in [7, 11) is 0. The summed E-state index contributed by atoms with van der Waals surface area (Å²) in [6, 6.07) is -0.0743. The van der Waals surface area contributed by atoms with E-state index in [1.54, 1.807) is 35.8 Å². The second-order valence-electron chi connectivity index (χ2n) is 6.47. The number of hydrogen-bond donors (Lipinski definition) is 0. The van der Waals surface area contributed by atoms with Gasteiger partial charge in [0, 0.05) is 17.8 Å². The van der Waals surface area contributed by atoms with Crippen molar-refractivity contribution in [2.24, 2.45) is 0 Å². The first-order chi connectivity index (χ1) is 12.9. The topological polar surface area (TPSA) is 64.4 Å². The normalized spacial score (nSPS) is 16.4. The highest BCUT2D eigenvalue weighted by atomic mass is 127. The highest BCUT2D eigenvalue weighted by molar-refractivity contribution is 14.1. The lowest BCUT2D eigenvalue weighted by atomic mass is 10.1. The van der Waals surface area contributed by atoms with Crippen molar-refractivity contribution in [1.82, 2.24) is 14.5 Å². The molecule has 6 nitrogen and oxygen atoms in total. The van der Waals surface area contributed by atoms with E-state index in [4.69, 9.17) is 4.74 Å². The second-order valence-corrected chi connectivity index (χ2v) is 7.63. The molecule has 1 unspecified atom stereocenters. The van der Waals surface area contributed by atoms with Crippen molar-refractivity contribution in [1.29, 1.82) is 0 Å². The lowest BCUT2D eigenvalue weighted by Gasteiger charge is -2.25. The highest BCUT2D eigenvalue weighted by Crippen LogP contribution is 2.37. The Bertz CT molecular complexity index is 960. The van der Waals surface area contributed by atoms with Gasteiger partial charge in [-0.3, -0.25) is 4.79 Å². The van der Waals surface area contributed by atoms with Crippen LogP contribution in [0, 0.1) is 15.2 Å². The Morgan fingerprint density at radius 1 is 1.44 bits per heavy atom. The van der Waals surface area contributed by atoms with Crippen molar-refractivity contribution < 1.29 is 23.1 Å². The van der Waals surface area contributed by atoms with Crippen LogP contribution in [-0.2, 0) is 29.0 Å². The van der Waals surface area contributed by atoms with Crippen LogP contribution in [0.2, 0.25) is 0 Å². The summed E-state index contributed by atoms with van der Waals surface area (Å²) >= 11 is 1.65. The van der Waals surface area contributed by atoms with Crippen LogP contribution >= 0.6 is 22.6 Å². The average Bonchev–Trinajstić information content (AvgIpc) is 3.30. The summed E-state index contributed by atoms with van der Waals surface area (Å²) in [6.07, 6.45) is 3.26. The first-order valence-electron chi connectivity index (χ1n) is 8.61. The Hall–Kier alpha value is -2.04. The van der Waals surface area contributed by atoms with Crippen molar-refractivity contribution in [3.8, 4) is 0 Å². The van der Waals surface area contributed by atoms with Crippen LogP contribution in [-0.4, -0.2) is 32.9 Å². The van der Waals surface area contributed by atoms with Crippen LogP contribution < -0.4 is 0 Å². The molecule has 0 radical (unpaired) electrons. The lowest BCUT2D eigenvalue weighted by Crippen LogP contribution is -2.36. The molecule has 1 aromatic heterocycles. The average molecular weight is 487 g/mol. The number of carbonyl (C=O) groups is 2. The summed E-state index contributed by atoms with van der Waals surface area (Å²) in [4.78, 5) is 31.1. The third kappa shape index (κ3) is 2.82. The number of rotatable bonds is 4. The molecule has 27 heavy (non-hydrogen) atoms. The quantitative estimate of drug-likeness (QED) is 0.378. The number of aromatic nitrogens is 2. The van der Waals surface area contributed by atoms with Crippen LogP contribution in [0.4, 0.5) is 8.78 Å². The second kappa shape index (κ2) is 6.84. The van der Waals surface area contributed by atoms with Crippen molar-refractivity contribution in [3.05, 3.63) is 50.1 Å². The van der Waals surface area contributed by atoms with Gasteiger partial charge >= 0.3 is 5.97 Å². The monoisotopic (exact) mass is 487 g/mol. The van der Waals surface area contributed by atoms with Gasteiger partial charge in [-0.15, -0.1) is 0 Å². The van der Waals surface area contributed by atoms with Crippen LogP contribution in [0.25, 0.3) is 0 Å². The molecule has 0 saturated heterocycles. The van der Waals surface area contributed by atoms with Crippen LogP contribution in [0.3, 0.4) is 0 Å². The molecule has 2 aliphatic rings. The molecule has 9 heteroatoms. The van der Waals surface area contributed by atoms with E-state index in [1.807, 2.05) is 4.57 Å². The molecule has 2 aliphatic heterocycles. The number of esters is 1. The number of aryl methyl sites for hydroxylation is 1. The Balaban J connectivity index is 1.80. The number of imidazole rings is 1. The van der Waals surface area contributed by atoms with Crippen molar-refractivity contribution in [3.63, 3.8) is 0 Å². The van der Waals surface area contributed by atoms with Gasteiger partial charge < -0.3 is 14.2 Å². The lowest BCUT2D eigenvalue weighted by molar-refractivity contribution is -0.149. The van der Waals surface area contributed by atoms with Gasteiger partial charge in [-0.1, -0.05) is 0 Å². The van der Waals surface area contributed by atoms with Crippen molar-refractivity contribution in [2.45, 2.75) is 38.9 Å². The number of ether oxygens (including phenoxy) is 1. The predicted octanol–water partition coefficient (Wildman–Crippen LogP) is 2.97. The molecule has 0 bridgehead atoms. The Kier molecular flexibility index (Phi) is 4.65. The Labute approximate surface area is 167 Å². The van der Waals surface area contributed by atoms with Crippen molar-refractivity contribution >= 4 is 34.5 Å². The fourth-order valence-corrected chi connectivity index (χ4v) is 4.29. The maximum absolute atomic E-state index is 14.5. The Morgan fingerprint density at radius 3 is 2.96 bits per heavy atom. The molecule has 3 heterocycles. The first-order valence-corrected chi connectivity index (χ1v) is 9.69. The minimum Gasteiger partial charge on any atom is -0.464 e. The molecule has 1 amide bonds.